The maximum absolute atomic E-state index is 13.7. The molecule has 1 aliphatic carbocycles. The number of allylic oxidation sites excluding steroid dienone is 1. The van der Waals surface area contributed by atoms with Crippen LogP contribution in [0.25, 0.3) is 22.8 Å². The summed E-state index contributed by atoms with van der Waals surface area (Å²) in [4.78, 5) is 16.9. The number of ketones is 1. The van der Waals surface area contributed by atoms with E-state index in [0.717, 1.165) is 6.07 Å². The predicted molar refractivity (Wildman–Crippen MR) is 94.8 cm³/mol. The van der Waals surface area contributed by atoms with Crippen molar-refractivity contribution in [2.45, 2.75) is 0 Å². The van der Waals surface area contributed by atoms with E-state index in [9.17, 15) is 13.6 Å². The molecule has 0 saturated carbocycles. The van der Waals surface area contributed by atoms with Crippen molar-refractivity contribution in [3.05, 3.63) is 83.2 Å². The Labute approximate surface area is 148 Å². The van der Waals surface area contributed by atoms with Crippen LogP contribution in [0.5, 0.6) is 5.75 Å². The molecule has 1 aliphatic rings. The number of nitrogens with zero attached hydrogens (tertiary/aromatic N) is 1. The maximum Gasteiger partial charge on any atom is 0.194 e. The van der Waals surface area contributed by atoms with Gasteiger partial charge in [0.25, 0.3) is 0 Å². The Morgan fingerprint density at radius 3 is 2.42 bits per heavy atom. The van der Waals surface area contributed by atoms with Gasteiger partial charge in [0, 0.05) is 40.7 Å². The van der Waals surface area contributed by atoms with Crippen LogP contribution in [-0.2, 0) is 0 Å². The van der Waals surface area contributed by atoms with Crippen LogP contribution in [0.1, 0.15) is 21.5 Å². The molecule has 0 fully saturated rings. The summed E-state index contributed by atoms with van der Waals surface area (Å²) >= 11 is 0. The second-order valence-corrected chi connectivity index (χ2v) is 5.89. The number of pyridine rings is 1. The fourth-order valence-electron chi connectivity index (χ4n) is 3.20. The summed E-state index contributed by atoms with van der Waals surface area (Å²) in [5.74, 6) is -1.11. The summed E-state index contributed by atoms with van der Waals surface area (Å²) in [6.07, 6.45) is 4.95. The van der Waals surface area contributed by atoms with Crippen LogP contribution in [0.15, 0.2) is 54.9 Å². The topological polar surface area (TPSA) is 39.2 Å². The van der Waals surface area contributed by atoms with E-state index in [1.165, 1.54) is 19.2 Å². The van der Waals surface area contributed by atoms with Gasteiger partial charge in [0.2, 0.25) is 0 Å². The van der Waals surface area contributed by atoms with E-state index in [2.05, 4.69) is 4.98 Å². The monoisotopic (exact) mass is 349 g/mol. The van der Waals surface area contributed by atoms with Crippen LogP contribution < -0.4 is 4.74 Å². The van der Waals surface area contributed by atoms with Gasteiger partial charge in [0.1, 0.15) is 17.4 Å². The zero-order valence-electron chi connectivity index (χ0n) is 13.8. The summed E-state index contributed by atoms with van der Waals surface area (Å²) in [5, 5.41) is 0. The highest BCUT2D eigenvalue weighted by atomic mass is 19.1. The maximum atomic E-state index is 13.7. The summed E-state index contributed by atoms with van der Waals surface area (Å²) in [6.45, 7) is 0. The molecule has 1 aromatic heterocycles. The molecule has 3 nitrogen and oxygen atoms in total. The van der Waals surface area contributed by atoms with Crippen molar-refractivity contribution >= 4 is 17.4 Å². The van der Waals surface area contributed by atoms with E-state index in [-0.39, 0.29) is 5.78 Å². The summed E-state index contributed by atoms with van der Waals surface area (Å²) in [5.41, 5.74) is 3.01. The lowest BCUT2D eigenvalue weighted by molar-refractivity contribution is 0.105. The Kier molecular flexibility index (Phi) is 3.84. The molecule has 5 heteroatoms. The van der Waals surface area contributed by atoms with E-state index >= 15 is 0 Å². The first-order valence-electron chi connectivity index (χ1n) is 7.92. The third kappa shape index (κ3) is 2.58. The average molecular weight is 349 g/mol. The second kappa shape index (κ2) is 6.19. The highest BCUT2D eigenvalue weighted by Crippen LogP contribution is 2.42. The molecular formula is C21H13F2NO2. The number of halogens is 2. The number of Topliss-reactive ketones (excluding diaryl/α,β-unsaturated/α-hetero) is 1. The fourth-order valence-corrected chi connectivity index (χ4v) is 3.20. The number of aromatic nitrogens is 1. The molecule has 1 heterocycles. The minimum absolute atomic E-state index is 0.159. The average Bonchev–Trinajstić information content (AvgIpc) is 2.97. The number of benzene rings is 2. The molecule has 0 spiro atoms. The molecule has 0 aliphatic heterocycles. The highest BCUT2D eigenvalue weighted by molar-refractivity contribution is 6.38. The number of fused-ring (bicyclic) bond motifs is 1. The van der Waals surface area contributed by atoms with Gasteiger partial charge in [0.05, 0.1) is 7.11 Å². The quantitative estimate of drug-likeness (QED) is 0.684. The van der Waals surface area contributed by atoms with Crippen molar-refractivity contribution in [2.75, 3.05) is 7.11 Å². The van der Waals surface area contributed by atoms with Gasteiger partial charge in [-0.05, 0) is 47.5 Å². The number of ether oxygens (including phenoxy) is 1. The van der Waals surface area contributed by atoms with Crippen molar-refractivity contribution < 1.29 is 18.3 Å². The Hall–Kier alpha value is -3.34. The lowest BCUT2D eigenvalue weighted by Gasteiger charge is -2.13. The lowest BCUT2D eigenvalue weighted by Crippen LogP contribution is -2.00. The third-order valence-corrected chi connectivity index (χ3v) is 4.33. The number of rotatable bonds is 3. The van der Waals surface area contributed by atoms with Crippen LogP contribution in [0.2, 0.25) is 0 Å². The fraction of sp³-hybridized carbons (Fsp3) is 0.0476. The molecule has 0 saturated heterocycles. The van der Waals surface area contributed by atoms with Crippen molar-refractivity contribution in [1.82, 2.24) is 4.98 Å². The van der Waals surface area contributed by atoms with Crippen LogP contribution in [-0.4, -0.2) is 17.9 Å². The summed E-state index contributed by atoms with van der Waals surface area (Å²) < 4.78 is 32.9. The van der Waals surface area contributed by atoms with Crippen molar-refractivity contribution in [2.24, 2.45) is 0 Å². The first-order chi connectivity index (χ1) is 12.6. The molecule has 0 amide bonds. The van der Waals surface area contributed by atoms with Crippen molar-refractivity contribution in [1.29, 1.82) is 0 Å². The van der Waals surface area contributed by atoms with Gasteiger partial charge in [0.15, 0.2) is 5.78 Å². The first-order valence-corrected chi connectivity index (χ1v) is 7.92. The van der Waals surface area contributed by atoms with E-state index in [1.807, 2.05) is 0 Å². The van der Waals surface area contributed by atoms with Crippen LogP contribution >= 0.6 is 0 Å². The Morgan fingerprint density at radius 1 is 1.00 bits per heavy atom. The number of carbonyl (C=O) groups excluding carboxylic acids is 1. The van der Waals surface area contributed by atoms with Gasteiger partial charge in [-0.1, -0.05) is 6.07 Å². The Bertz CT molecular complexity index is 1040. The Balaban J connectivity index is 1.97. The van der Waals surface area contributed by atoms with E-state index in [4.69, 9.17) is 4.74 Å². The predicted octanol–water partition coefficient (Wildman–Crippen LogP) is 4.77. The molecule has 2 aromatic carbocycles. The summed E-state index contributed by atoms with van der Waals surface area (Å²) in [6, 6.07) is 10.1. The molecule has 4 rings (SSSR count). The zero-order chi connectivity index (χ0) is 18.3. The Morgan fingerprint density at radius 2 is 1.77 bits per heavy atom. The molecule has 128 valence electrons. The highest BCUT2D eigenvalue weighted by Gasteiger charge is 2.28. The molecular weight excluding hydrogens is 336 g/mol. The van der Waals surface area contributed by atoms with Gasteiger partial charge in [-0.25, -0.2) is 8.78 Å². The number of methoxy groups -OCH3 is 1. The van der Waals surface area contributed by atoms with Gasteiger partial charge in [-0.15, -0.1) is 0 Å². The summed E-state index contributed by atoms with van der Waals surface area (Å²) in [7, 11) is 1.48. The number of hydrogen-bond acceptors (Lipinski definition) is 3. The van der Waals surface area contributed by atoms with Crippen LogP contribution in [0.4, 0.5) is 8.78 Å². The minimum atomic E-state index is -0.694. The smallest absolute Gasteiger partial charge is 0.194 e. The zero-order valence-corrected chi connectivity index (χ0v) is 13.8. The lowest BCUT2D eigenvalue weighted by atomic mass is 9.95. The molecule has 0 N–H and O–H groups in total. The first kappa shape index (κ1) is 16.1. The molecule has 0 unspecified atom stereocenters. The van der Waals surface area contributed by atoms with E-state index in [0.29, 0.717) is 39.1 Å². The van der Waals surface area contributed by atoms with Crippen LogP contribution in [0, 0.1) is 11.6 Å². The minimum Gasteiger partial charge on any atom is -0.496 e. The van der Waals surface area contributed by atoms with Crippen molar-refractivity contribution in [3.63, 3.8) is 0 Å². The standard InChI is InChI=1S/C21H13F2NO2/c1-26-19-5-4-16-18(20(19)13-7-14(22)9-15(23)8-13)10-17(21(16)25)12-3-2-6-24-11-12/h2-11H,1H3. The largest absolute Gasteiger partial charge is 0.496 e. The molecule has 26 heavy (non-hydrogen) atoms. The number of carbonyl (C=O) groups is 1. The van der Waals surface area contributed by atoms with Crippen molar-refractivity contribution in [3.8, 4) is 16.9 Å². The van der Waals surface area contributed by atoms with Gasteiger partial charge < -0.3 is 4.74 Å². The molecule has 0 radical (unpaired) electrons. The van der Waals surface area contributed by atoms with Gasteiger partial charge in [-0.3, -0.25) is 9.78 Å². The second-order valence-electron chi connectivity index (χ2n) is 5.89. The number of hydrogen-bond donors (Lipinski definition) is 0. The molecule has 3 aromatic rings. The van der Waals surface area contributed by atoms with E-state index < -0.39 is 11.6 Å². The van der Waals surface area contributed by atoms with Crippen LogP contribution in [0.3, 0.4) is 0 Å². The van der Waals surface area contributed by atoms with Gasteiger partial charge >= 0.3 is 0 Å². The van der Waals surface area contributed by atoms with E-state index in [1.54, 1.807) is 42.7 Å². The normalized spacial score (nSPS) is 12.7. The van der Waals surface area contributed by atoms with Gasteiger partial charge in [-0.2, -0.15) is 0 Å². The third-order valence-electron chi connectivity index (χ3n) is 4.33. The molecule has 0 bridgehead atoms. The SMILES string of the molecule is COc1ccc2c(c1-c1cc(F)cc(F)c1)C=C(c1cccnc1)C2=O. The molecule has 0 atom stereocenters.